The van der Waals surface area contributed by atoms with Crippen molar-refractivity contribution in [1.29, 1.82) is 0 Å². The molecule has 0 spiro atoms. The molecule has 1 aliphatic rings. The Labute approximate surface area is 164 Å². The summed E-state index contributed by atoms with van der Waals surface area (Å²) in [6.07, 6.45) is 1.38. The van der Waals surface area contributed by atoms with Gasteiger partial charge in [-0.05, 0) is 17.2 Å². The van der Waals surface area contributed by atoms with Gasteiger partial charge in [0.1, 0.15) is 18.0 Å². The first-order valence-corrected chi connectivity index (χ1v) is 9.05. The third-order valence-electron chi connectivity index (χ3n) is 4.37. The fourth-order valence-corrected chi connectivity index (χ4v) is 2.96. The molecule has 1 aromatic carbocycles. The van der Waals surface area contributed by atoms with Crippen molar-refractivity contribution in [3.63, 3.8) is 0 Å². The summed E-state index contributed by atoms with van der Waals surface area (Å²) in [6, 6.07) is 13.2. The van der Waals surface area contributed by atoms with Gasteiger partial charge in [-0.25, -0.2) is 4.79 Å². The van der Waals surface area contributed by atoms with E-state index in [9.17, 15) is 4.79 Å². The van der Waals surface area contributed by atoms with Crippen LogP contribution in [0.5, 0.6) is 5.88 Å². The summed E-state index contributed by atoms with van der Waals surface area (Å²) in [5.41, 5.74) is 1.86. The number of carbonyl (C=O) groups is 1. The van der Waals surface area contributed by atoms with Crippen molar-refractivity contribution in [2.45, 2.75) is 6.61 Å². The van der Waals surface area contributed by atoms with Crippen LogP contribution in [0.1, 0.15) is 11.1 Å². The molecular formula is C21H24N2O5. The molecule has 0 bridgehead atoms. The molecule has 148 valence electrons. The summed E-state index contributed by atoms with van der Waals surface area (Å²) in [6.45, 7) is 3.27. The average Bonchev–Trinajstić information content (AvgIpc) is 2.76. The van der Waals surface area contributed by atoms with Crippen molar-refractivity contribution in [2.75, 3.05) is 45.4 Å². The van der Waals surface area contributed by atoms with Gasteiger partial charge in [0.15, 0.2) is 0 Å². The van der Waals surface area contributed by atoms with Gasteiger partial charge >= 0.3 is 5.97 Å². The number of pyridine rings is 1. The molecule has 28 heavy (non-hydrogen) atoms. The topological polar surface area (TPSA) is 70.1 Å². The van der Waals surface area contributed by atoms with Crippen molar-refractivity contribution in [1.82, 2.24) is 4.98 Å². The van der Waals surface area contributed by atoms with Crippen LogP contribution < -0.4 is 9.64 Å². The van der Waals surface area contributed by atoms with Gasteiger partial charge in [-0.2, -0.15) is 4.98 Å². The van der Waals surface area contributed by atoms with E-state index in [-0.39, 0.29) is 6.61 Å². The van der Waals surface area contributed by atoms with Crippen LogP contribution in [0.4, 0.5) is 5.82 Å². The molecule has 0 aliphatic carbocycles. The largest absolute Gasteiger partial charge is 0.503 e. The first-order valence-electron chi connectivity index (χ1n) is 9.05. The second kappa shape index (κ2) is 9.75. The van der Waals surface area contributed by atoms with E-state index in [0.29, 0.717) is 30.2 Å². The van der Waals surface area contributed by atoms with Crippen LogP contribution in [0, 0.1) is 0 Å². The Hall–Kier alpha value is -3.06. The lowest BCUT2D eigenvalue weighted by Crippen LogP contribution is -2.36. The van der Waals surface area contributed by atoms with E-state index in [2.05, 4.69) is 9.88 Å². The molecule has 0 amide bonds. The number of aromatic nitrogens is 1. The number of morpholine rings is 1. The van der Waals surface area contributed by atoms with E-state index in [1.165, 1.54) is 20.5 Å². The van der Waals surface area contributed by atoms with E-state index in [1.54, 1.807) is 0 Å². The van der Waals surface area contributed by atoms with Crippen molar-refractivity contribution in [2.24, 2.45) is 0 Å². The highest BCUT2D eigenvalue weighted by Gasteiger charge is 2.17. The van der Waals surface area contributed by atoms with Crippen molar-refractivity contribution < 1.29 is 23.7 Å². The minimum Gasteiger partial charge on any atom is -0.503 e. The van der Waals surface area contributed by atoms with Gasteiger partial charge < -0.3 is 23.8 Å². The summed E-state index contributed by atoms with van der Waals surface area (Å²) >= 11 is 0. The van der Waals surface area contributed by atoms with Crippen molar-refractivity contribution in [3.05, 3.63) is 59.9 Å². The van der Waals surface area contributed by atoms with Crippen LogP contribution in [0.2, 0.25) is 0 Å². The molecule has 2 aromatic rings. The number of hydrogen-bond acceptors (Lipinski definition) is 7. The number of anilines is 1. The zero-order valence-corrected chi connectivity index (χ0v) is 16.1. The smallest absolute Gasteiger partial charge is 0.341 e. The molecule has 1 aromatic heterocycles. The maximum absolute atomic E-state index is 12.1. The number of ether oxygens (including phenoxy) is 4. The number of rotatable bonds is 7. The molecule has 0 unspecified atom stereocenters. The molecule has 1 aliphatic heterocycles. The van der Waals surface area contributed by atoms with Crippen LogP contribution in [-0.4, -0.2) is 51.5 Å². The maximum atomic E-state index is 12.1. The predicted octanol–water partition coefficient (Wildman–Crippen LogP) is 2.66. The lowest BCUT2D eigenvalue weighted by molar-refractivity contribution is -0.133. The molecule has 1 saturated heterocycles. The zero-order chi connectivity index (χ0) is 19.8. The Bertz CT molecular complexity index is 831. The highest BCUT2D eigenvalue weighted by molar-refractivity contribution is 6.16. The highest BCUT2D eigenvalue weighted by Crippen LogP contribution is 2.23. The number of nitrogens with zero attached hydrogens (tertiary/aromatic N) is 2. The Morgan fingerprint density at radius 3 is 2.68 bits per heavy atom. The average molecular weight is 384 g/mol. The number of methoxy groups -OCH3 is 2. The maximum Gasteiger partial charge on any atom is 0.341 e. The number of carbonyl (C=O) groups excluding carboxylic acids is 1. The van der Waals surface area contributed by atoms with Crippen molar-refractivity contribution >= 4 is 17.4 Å². The standard InChI is InChI=1S/C21H24N2O5/c1-25-15-18(21(24)26-2)17-7-4-3-6-16(17)14-28-20-9-5-8-19(22-20)23-10-12-27-13-11-23/h3-9,15H,10-14H2,1-2H3/b18-15+. The summed E-state index contributed by atoms with van der Waals surface area (Å²) in [5.74, 6) is 0.916. The quantitative estimate of drug-likeness (QED) is 0.413. The van der Waals surface area contributed by atoms with Gasteiger partial charge in [-0.1, -0.05) is 30.3 Å². The predicted molar refractivity (Wildman–Crippen MR) is 105 cm³/mol. The molecule has 0 N–H and O–H groups in total. The van der Waals surface area contributed by atoms with E-state index in [0.717, 1.165) is 24.5 Å². The molecule has 1 fully saturated rings. The molecule has 0 radical (unpaired) electrons. The SMILES string of the molecule is CO/C=C(/C(=O)OC)c1ccccc1COc1cccc(N2CCOCC2)n1. The van der Waals surface area contributed by atoms with Crippen LogP contribution in [0.25, 0.3) is 5.57 Å². The summed E-state index contributed by atoms with van der Waals surface area (Å²) in [7, 11) is 2.83. The van der Waals surface area contributed by atoms with E-state index in [4.69, 9.17) is 18.9 Å². The van der Waals surface area contributed by atoms with Gasteiger partial charge in [-0.15, -0.1) is 0 Å². The van der Waals surface area contributed by atoms with Gasteiger partial charge in [0.05, 0.1) is 33.7 Å². The Kier molecular flexibility index (Phi) is 6.86. The molecule has 2 heterocycles. The zero-order valence-electron chi connectivity index (χ0n) is 16.1. The highest BCUT2D eigenvalue weighted by atomic mass is 16.5. The number of benzene rings is 1. The first kappa shape index (κ1) is 19.7. The van der Waals surface area contributed by atoms with Gasteiger partial charge in [0.25, 0.3) is 0 Å². The molecule has 3 rings (SSSR count). The lowest BCUT2D eigenvalue weighted by Gasteiger charge is -2.27. The van der Waals surface area contributed by atoms with Gasteiger partial charge in [0.2, 0.25) is 5.88 Å². The van der Waals surface area contributed by atoms with Crippen LogP contribution in [0.15, 0.2) is 48.7 Å². The Morgan fingerprint density at radius 2 is 1.93 bits per heavy atom. The number of hydrogen-bond donors (Lipinski definition) is 0. The monoisotopic (exact) mass is 384 g/mol. The van der Waals surface area contributed by atoms with E-state index in [1.807, 2.05) is 42.5 Å². The van der Waals surface area contributed by atoms with Crippen LogP contribution >= 0.6 is 0 Å². The van der Waals surface area contributed by atoms with Gasteiger partial charge in [-0.3, -0.25) is 0 Å². The van der Waals surface area contributed by atoms with E-state index < -0.39 is 5.97 Å². The fraction of sp³-hybridized carbons (Fsp3) is 0.333. The number of esters is 1. The minimum atomic E-state index is -0.471. The summed E-state index contributed by atoms with van der Waals surface area (Å²) in [5, 5.41) is 0. The van der Waals surface area contributed by atoms with E-state index >= 15 is 0 Å². The fourth-order valence-electron chi connectivity index (χ4n) is 2.96. The van der Waals surface area contributed by atoms with Crippen molar-refractivity contribution in [3.8, 4) is 5.88 Å². The van der Waals surface area contributed by atoms with Crippen LogP contribution in [-0.2, 0) is 25.6 Å². The third kappa shape index (κ3) is 4.80. The Balaban J connectivity index is 1.76. The molecule has 7 nitrogen and oxygen atoms in total. The second-order valence-corrected chi connectivity index (χ2v) is 6.14. The summed E-state index contributed by atoms with van der Waals surface area (Å²) < 4.78 is 21.2. The third-order valence-corrected chi connectivity index (χ3v) is 4.37. The molecule has 7 heteroatoms. The lowest BCUT2D eigenvalue weighted by atomic mass is 10.0. The minimum absolute atomic E-state index is 0.258. The Morgan fingerprint density at radius 1 is 1.14 bits per heavy atom. The normalized spacial score (nSPS) is 14.5. The van der Waals surface area contributed by atoms with Crippen LogP contribution in [0.3, 0.4) is 0 Å². The molecular weight excluding hydrogens is 360 g/mol. The first-order chi connectivity index (χ1) is 13.7. The van der Waals surface area contributed by atoms with Gasteiger partial charge in [0, 0.05) is 19.2 Å². The molecule has 0 saturated carbocycles. The second-order valence-electron chi connectivity index (χ2n) is 6.14. The summed E-state index contributed by atoms with van der Waals surface area (Å²) in [4.78, 5) is 18.9. The molecule has 0 atom stereocenters.